The van der Waals surface area contributed by atoms with Gasteiger partial charge >= 0.3 is 0 Å². The molecule has 7 nitrogen and oxygen atoms in total. The first-order valence-electron chi connectivity index (χ1n) is 11.8. The van der Waals surface area contributed by atoms with Crippen molar-refractivity contribution in [2.24, 2.45) is 0 Å². The van der Waals surface area contributed by atoms with E-state index in [2.05, 4.69) is 4.90 Å². The molecular weight excluding hydrogens is 458 g/mol. The highest BCUT2D eigenvalue weighted by Gasteiger charge is 2.35. The molecule has 0 saturated carbocycles. The molecule has 36 heavy (non-hydrogen) atoms. The number of allylic oxidation sites excluding steroid dienone is 1. The minimum absolute atomic E-state index is 0.115. The van der Waals surface area contributed by atoms with E-state index in [1.165, 1.54) is 0 Å². The van der Waals surface area contributed by atoms with E-state index in [1.807, 2.05) is 55.5 Å². The summed E-state index contributed by atoms with van der Waals surface area (Å²) in [6.07, 6.45) is 2.57. The van der Waals surface area contributed by atoms with E-state index in [-0.39, 0.29) is 5.78 Å². The van der Waals surface area contributed by atoms with E-state index in [4.69, 9.17) is 23.7 Å². The number of rotatable bonds is 7. The smallest absolute Gasteiger partial charge is 0.232 e. The van der Waals surface area contributed by atoms with Gasteiger partial charge < -0.3 is 23.7 Å². The summed E-state index contributed by atoms with van der Waals surface area (Å²) in [6.45, 7) is 3.80. The lowest BCUT2D eigenvalue weighted by atomic mass is 9.98. The molecule has 0 amide bonds. The number of carbonyl (C=O) groups is 1. The topological polar surface area (TPSA) is 66.5 Å². The fourth-order valence-electron chi connectivity index (χ4n) is 4.63. The monoisotopic (exact) mass is 487 g/mol. The maximum absolute atomic E-state index is 13.3. The summed E-state index contributed by atoms with van der Waals surface area (Å²) in [6, 6.07) is 15.4. The Kier molecular flexibility index (Phi) is 6.57. The molecule has 186 valence electrons. The maximum atomic E-state index is 13.3. The Morgan fingerprint density at radius 3 is 2.61 bits per heavy atom. The minimum atomic E-state index is -0.115. The lowest BCUT2D eigenvalue weighted by molar-refractivity contribution is 0.0949. The van der Waals surface area contributed by atoms with E-state index in [9.17, 15) is 4.79 Å². The van der Waals surface area contributed by atoms with Gasteiger partial charge in [0.25, 0.3) is 0 Å². The minimum Gasteiger partial charge on any atom is -0.497 e. The second-order valence-electron chi connectivity index (χ2n) is 8.86. The molecule has 0 radical (unpaired) electrons. The van der Waals surface area contributed by atoms with Crippen LogP contribution in [0.1, 0.15) is 32.6 Å². The number of nitrogens with zero attached hydrogens (tertiary/aromatic N) is 1. The molecule has 0 bridgehead atoms. The largest absolute Gasteiger partial charge is 0.497 e. The highest BCUT2D eigenvalue weighted by molar-refractivity contribution is 6.15. The van der Waals surface area contributed by atoms with Gasteiger partial charge in [0.2, 0.25) is 5.78 Å². The summed E-state index contributed by atoms with van der Waals surface area (Å²) >= 11 is 0. The highest BCUT2D eigenvalue weighted by atomic mass is 16.5. The van der Waals surface area contributed by atoms with Crippen LogP contribution in [0.2, 0.25) is 0 Å². The van der Waals surface area contributed by atoms with E-state index < -0.39 is 0 Å². The zero-order valence-electron chi connectivity index (χ0n) is 20.9. The van der Waals surface area contributed by atoms with E-state index in [0.29, 0.717) is 41.8 Å². The van der Waals surface area contributed by atoms with Crippen molar-refractivity contribution in [3.63, 3.8) is 0 Å². The van der Waals surface area contributed by atoms with Gasteiger partial charge in [0.1, 0.15) is 24.0 Å². The number of hydrogen-bond donors (Lipinski definition) is 0. The number of carbonyl (C=O) groups excluding carboxylic acids is 1. The first kappa shape index (κ1) is 23.8. The molecular formula is C29H29NO6. The van der Waals surface area contributed by atoms with Crippen LogP contribution in [0.5, 0.6) is 28.7 Å². The SMILES string of the molecule is COc1cccc(/C=C2/Oc3c4c(cc(C)c3C2=O)OCN(CCc2ccc(OC)c(OC)c2)C4)c1. The normalized spacial score (nSPS) is 15.7. The predicted octanol–water partition coefficient (Wildman–Crippen LogP) is 5.03. The molecule has 5 rings (SSSR count). The van der Waals surface area contributed by atoms with Gasteiger partial charge in [-0.25, -0.2) is 0 Å². The lowest BCUT2D eigenvalue weighted by Gasteiger charge is -2.30. The van der Waals surface area contributed by atoms with Crippen molar-refractivity contribution in [1.29, 1.82) is 0 Å². The summed E-state index contributed by atoms with van der Waals surface area (Å²) in [4.78, 5) is 15.5. The third-order valence-electron chi connectivity index (χ3n) is 6.54. The zero-order valence-corrected chi connectivity index (χ0v) is 20.9. The van der Waals surface area contributed by atoms with Gasteiger partial charge in [-0.05, 0) is 66.4 Å². The predicted molar refractivity (Wildman–Crippen MR) is 136 cm³/mol. The summed E-state index contributed by atoms with van der Waals surface area (Å²) in [5.74, 6) is 3.70. The zero-order chi connectivity index (χ0) is 25.2. The van der Waals surface area contributed by atoms with Crippen LogP contribution >= 0.6 is 0 Å². The van der Waals surface area contributed by atoms with Gasteiger partial charge in [-0.3, -0.25) is 9.69 Å². The number of benzene rings is 3. The molecule has 3 aromatic carbocycles. The summed E-state index contributed by atoms with van der Waals surface area (Å²) < 4.78 is 28.3. The number of Topliss-reactive ketones (excluding diaryl/α,β-unsaturated/α-hetero) is 1. The fraction of sp³-hybridized carbons (Fsp3) is 0.276. The second kappa shape index (κ2) is 9.95. The molecule has 3 aromatic rings. The molecule has 0 saturated heterocycles. The van der Waals surface area contributed by atoms with Crippen molar-refractivity contribution in [3.8, 4) is 28.7 Å². The van der Waals surface area contributed by atoms with Gasteiger partial charge in [0.05, 0.1) is 32.5 Å². The van der Waals surface area contributed by atoms with E-state index in [0.717, 1.165) is 46.7 Å². The van der Waals surface area contributed by atoms with Crippen LogP contribution in [0.3, 0.4) is 0 Å². The van der Waals surface area contributed by atoms with Crippen molar-refractivity contribution < 1.29 is 28.5 Å². The number of aryl methyl sites for hydroxylation is 1. The third-order valence-corrected chi connectivity index (χ3v) is 6.54. The first-order valence-corrected chi connectivity index (χ1v) is 11.8. The maximum Gasteiger partial charge on any atom is 0.232 e. The van der Waals surface area contributed by atoms with Crippen LogP contribution in [0.15, 0.2) is 54.3 Å². The second-order valence-corrected chi connectivity index (χ2v) is 8.86. The average Bonchev–Trinajstić information content (AvgIpc) is 3.24. The Hall–Kier alpha value is -3.97. The molecule has 2 heterocycles. The van der Waals surface area contributed by atoms with Crippen molar-refractivity contribution in [3.05, 3.63) is 82.1 Å². The fourth-order valence-corrected chi connectivity index (χ4v) is 4.63. The highest BCUT2D eigenvalue weighted by Crippen LogP contribution is 2.44. The van der Waals surface area contributed by atoms with Crippen molar-refractivity contribution in [1.82, 2.24) is 4.90 Å². The lowest BCUT2D eigenvalue weighted by Crippen LogP contribution is -2.34. The standard InChI is InChI=1S/C29H29NO6/c1-18-12-24-22(16-30(17-35-24)11-10-19-8-9-23(33-3)25(14-19)34-4)29-27(18)28(31)26(36-29)15-20-6-5-7-21(13-20)32-2/h5-9,12-15H,10-11,16-17H2,1-4H3/b26-15+. The number of fused-ring (bicyclic) bond motifs is 3. The van der Waals surface area contributed by atoms with E-state index >= 15 is 0 Å². The molecule has 0 unspecified atom stereocenters. The van der Waals surface area contributed by atoms with Crippen molar-refractivity contribution in [2.75, 3.05) is 34.6 Å². The van der Waals surface area contributed by atoms with Gasteiger partial charge in [0.15, 0.2) is 17.3 Å². The molecule has 0 atom stereocenters. The molecule has 0 aromatic heterocycles. The summed E-state index contributed by atoms with van der Waals surface area (Å²) in [5.41, 5.74) is 4.33. The molecule has 0 aliphatic carbocycles. The number of methoxy groups -OCH3 is 3. The van der Waals surface area contributed by atoms with Crippen LogP contribution in [-0.2, 0) is 13.0 Å². The van der Waals surface area contributed by atoms with Gasteiger partial charge in [0, 0.05) is 13.1 Å². The summed E-state index contributed by atoms with van der Waals surface area (Å²) in [7, 11) is 4.88. The Bertz CT molecular complexity index is 1350. The number of ketones is 1. The van der Waals surface area contributed by atoms with Crippen molar-refractivity contribution >= 4 is 11.9 Å². The first-order chi connectivity index (χ1) is 17.5. The molecule has 0 spiro atoms. The molecule has 7 heteroatoms. The van der Waals surface area contributed by atoms with Gasteiger partial charge in [-0.15, -0.1) is 0 Å². The van der Waals surface area contributed by atoms with Crippen LogP contribution < -0.4 is 23.7 Å². The van der Waals surface area contributed by atoms with Crippen LogP contribution in [-0.4, -0.2) is 45.3 Å². The number of hydrogen-bond acceptors (Lipinski definition) is 7. The number of ether oxygens (including phenoxy) is 5. The van der Waals surface area contributed by atoms with Crippen molar-refractivity contribution in [2.45, 2.75) is 19.9 Å². The van der Waals surface area contributed by atoms with Crippen LogP contribution in [0, 0.1) is 6.92 Å². The summed E-state index contributed by atoms with van der Waals surface area (Å²) in [5, 5.41) is 0. The Morgan fingerprint density at radius 1 is 1.00 bits per heavy atom. The third kappa shape index (κ3) is 4.50. The van der Waals surface area contributed by atoms with Gasteiger partial charge in [-0.2, -0.15) is 0 Å². The molecule has 0 fully saturated rings. The Balaban J connectivity index is 1.36. The molecule has 0 N–H and O–H groups in total. The van der Waals surface area contributed by atoms with Gasteiger partial charge in [-0.1, -0.05) is 18.2 Å². The molecule has 2 aliphatic heterocycles. The van der Waals surface area contributed by atoms with Crippen LogP contribution in [0.4, 0.5) is 0 Å². The Labute approximate surface area is 210 Å². The Morgan fingerprint density at radius 2 is 1.83 bits per heavy atom. The quantitative estimate of drug-likeness (QED) is 0.433. The molecule has 2 aliphatic rings. The van der Waals surface area contributed by atoms with Crippen LogP contribution in [0.25, 0.3) is 6.08 Å². The van der Waals surface area contributed by atoms with E-state index in [1.54, 1.807) is 27.4 Å². The average molecular weight is 488 g/mol.